The lowest BCUT2D eigenvalue weighted by atomic mass is 9.81. The third-order valence-electron chi connectivity index (χ3n) is 5.25. The van der Waals surface area contributed by atoms with E-state index in [9.17, 15) is 0 Å². The molecule has 0 unspecified atom stereocenters. The van der Waals surface area contributed by atoms with Gasteiger partial charge < -0.3 is 0 Å². The fourth-order valence-electron chi connectivity index (χ4n) is 4.00. The highest BCUT2D eigenvalue weighted by molar-refractivity contribution is 6.19. The van der Waals surface area contributed by atoms with Gasteiger partial charge in [-0.1, -0.05) is 103 Å². The van der Waals surface area contributed by atoms with E-state index in [0.717, 1.165) is 6.42 Å². The van der Waals surface area contributed by atoms with Gasteiger partial charge >= 0.3 is 0 Å². The molecule has 0 saturated heterocycles. The maximum atomic E-state index is 2.38. The molecule has 3 aromatic rings. The Bertz CT molecular complexity index is 891. The second-order valence-electron chi connectivity index (χ2n) is 7.24. The minimum Gasteiger partial charge on any atom is -0.0843 e. The van der Waals surface area contributed by atoms with Crippen LogP contribution < -0.4 is 0 Å². The summed E-state index contributed by atoms with van der Waals surface area (Å²) in [6, 6.07) is 32.7. The van der Waals surface area contributed by atoms with Crippen LogP contribution in [-0.2, 0) is 5.41 Å². The van der Waals surface area contributed by atoms with E-state index < -0.39 is 0 Å². The predicted octanol–water partition coefficient (Wildman–Crippen LogP) is 6.91. The highest BCUT2D eigenvalue weighted by Crippen LogP contribution is 2.66. The van der Waals surface area contributed by atoms with Gasteiger partial charge in [-0.25, -0.2) is 0 Å². The Morgan fingerprint density at radius 2 is 1.08 bits per heavy atom. The lowest BCUT2D eigenvalue weighted by molar-refractivity contribution is 0.796. The second kappa shape index (κ2) is 6.80. The van der Waals surface area contributed by atoms with Crippen molar-refractivity contribution in [3.05, 3.63) is 119 Å². The average molecular weight is 336 g/mol. The Hall–Kier alpha value is -2.86. The van der Waals surface area contributed by atoms with Crippen molar-refractivity contribution in [1.82, 2.24) is 0 Å². The summed E-state index contributed by atoms with van der Waals surface area (Å²) in [7, 11) is 0. The SMILES string of the molecule is CC(C)=CCC1(c2ccccc2)C(c2ccccc2)=C1c1ccccc1. The molecular weight excluding hydrogens is 312 g/mol. The zero-order chi connectivity index (χ0) is 18.0. The van der Waals surface area contributed by atoms with Crippen LogP contribution in [0, 0.1) is 0 Å². The number of allylic oxidation sites excluding steroid dienone is 4. The van der Waals surface area contributed by atoms with Gasteiger partial charge in [0.1, 0.15) is 0 Å². The molecule has 0 aromatic heterocycles. The van der Waals surface area contributed by atoms with Crippen molar-refractivity contribution in [1.29, 1.82) is 0 Å². The Morgan fingerprint density at radius 1 is 0.654 bits per heavy atom. The van der Waals surface area contributed by atoms with Crippen molar-refractivity contribution < 1.29 is 0 Å². The summed E-state index contributed by atoms with van der Waals surface area (Å²) in [4.78, 5) is 0. The lowest BCUT2D eigenvalue weighted by Gasteiger charge is -2.21. The monoisotopic (exact) mass is 336 g/mol. The number of hydrogen-bond acceptors (Lipinski definition) is 0. The van der Waals surface area contributed by atoms with Crippen molar-refractivity contribution in [3.8, 4) is 0 Å². The molecule has 0 aliphatic heterocycles. The van der Waals surface area contributed by atoms with E-state index in [4.69, 9.17) is 0 Å². The second-order valence-corrected chi connectivity index (χ2v) is 7.24. The summed E-state index contributed by atoms with van der Waals surface area (Å²) >= 11 is 0. The Kier molecular flexibility index (Phi) is 4.34. The standard InChI is InChI=1S/C26H24/c1-20(2)18-19-26(23-16-10-5-11-17-23)24(21-12-6-3-7-13-21)25(26)22-14-8-4-9-15-22/h3-18H,19H2,1-2H3. The Labute approximate surface area is 156 Å². The molecule has 1 aliphatic carbocycles. The first-order chi connectivity index (χ1) is 12.7. The summed E-state index contributed by atoms with van der Waals surface area (Å²) in [5.41, 5.74) is 8.32. The van der Waals surface area contributed by atoms with Crippen LogP contribution in [0.3, 0.4) is 0 Å². The van der Waals surface area contributed by atoms with E-state index in [1.165, 1.54) is 33.4 Å². The molecule has 26 heavy (non-hydrogen) atoms. The zero-order valence-corrected chi connectivity index (χ0v) is 15.4. The van der Waals surface area contributed by atoms with Gasteiger partial charge in [-0.3, -0.25) is 0 Å². The van der Waals surface area contributed by atoms with E-state index in [1.54, 1.807) is 0 Å². The highest BCUT2D eigenvalue weighted by Gasteiger charge is 2.54. The molecule has 0 amide bonds. The molecule has 0 heterocycles. The van der Waals surface area contributed by atoms with Gasteiger partial charge in [-0.15, -0.1) is 0 Å². The maximum Gasteiger partial charge on any atom is 0.0504 e. The fourth-order valence-corrected chi connectivity index (χ4v) is 4.00. The van der Waals surface area contributed by atoms with Crippen LogP contribution in [-0.4, -0.2) is 0 Å². The molecule has 3 aromatic carbocycles. The van der Waals surface area contributed by atoms with Crippen LogP contribution in [0.2, 0.25) is 0 Å². The molecule has 0 fully saturated rings. The van der Waals surface area contributed by atoms with E-state index in [-0.39, 0.29) is 5.41 Å². The van der Waals surface area contributed by atoms with Crippen molar-refractivity contribution in [3.63, 3.8) is 0 Å². The molecule has 0 N–H and O–H groups in total. The molecule has 0 radical (unpaired) electrons. The first-order valence-electron chi connectivity index (χ1n) is 9.28. The number of benzene rings is 3. The Morgan fingerprint density at radius 3 is 1.50 bits per heavy atom. The number of hydrogen-bond donors (Lipinski definition) is 0. The molecule has 0 saturated carbocycles. The van der Waals surface area contributed by atoms with Gasteiger partial charge in [0.05, 0.1) is 5.41 Å². The van der Waals surface area contributed by atoms with Crippen molar-refractivity contribution >= 4 is 11.1 Å². The highest BCUT2D eigenvalue weighted by atomic mass is 14.6. The third-order valence-corrected chi connectivity index (χ3v) is 5.25. The van der Waals surface area contributed by atoms with E-state index in [2.05, 4.69) is 111 Å². The molecular formula is C26H24. The van der Waals surface area contributed by atoms with Gasteiger partial charge in [0.2, 0.25) is 0 Å². The van der Waals surface area contributed by atoms with Gasteiger partial charge in [-0.05, 0) is 48.1 Å². The molecule has 0 nitrogen and oxygen atoms in total. The van der Waals surface area contributed by atoms with E-state index in [0.29, 0.717) is 0 Å². The summed E-state index contributed by atoms with van der Waals surface area (Å²) < 4.78 is 0. The molecule has 0 spiro atoms. The van der Waals surface area contributed by atoms with Crippen LogP contribution in [0.25, 0.3) is 11.1 Å². The van der Waals surface area contributed by atoms with Crippen LogP contribution in [0.5, 0.6) is 0 Å². The van der Waals surface area contributed by atoms with Crippen LogP contribution in [0.1, 0.15) is 37.0 Å². The van der Waals surface area contributed by atoms with Crippen LogP contribution in [0.15, 0.2) is 103 Å². The molecule has 1 aliphatic rings. The Balaban J connectivity index is 1.91. The van der Waals surface area contributed by atoms with Crippen molar-refractivity contribution in [2.45, 2.75) is 25.7 Å². The fraction of sp³-hybridized carbons (Fsp3) is 0.154. The number of rotatable bonds is 5. The van der Waals surface area contributed by atoms with Crippen LogP contribution >= 0.6 is 0 Å². The van der Waals surface area contributed by atoms with Gasteiger partial charge in [0.25, 0.3) is 0 Å². The minimum atomic E-state index is -0.0266. The smallest absolute Gasteiger partial charge is 0.0504 e. The molecule has 4 rings (SSSR count). The molecule has 0 bridgehead atoms. The lowest BCUT2D eigenvalue weighted by Crippen LogP contribution is -2.12. The largest absolute Gasteiger partial charge is 0.0843 e. The molecule has 128 valence electrons. The zero-order valence-electron chi connectivity index (χ0n) is 15.4. The van der Waals surface area contributed by atoms with Gasteiger partial charge in [-0.2, -0.15) is 0 Å². The summed E-state index contributed by atoms with van der Waals surface area (Å²) in [6.45, 7) is 4.37. The maximum absolute atomic E-state index is 2.38. The van der Waals surface area contributed by atoms with Crippen molar-refractivity contribution in [2.24, 2.45) is 0 Å². The first-order valence-corrected chi connectivity index (χ1v) is 9.28. The normalized spacial score (nSPS) is 14.8. The van der Waals surface area contributed by atoms with E-state index >= 15 is 0 Å². The summed E-state index contributed by atoms with van der Waals surface area (Å²) in [6.07, 6.45) is 3.39. The minimum absolute atomic E-state index is 0.0266. The quantitative estimate of drug-likeness (QED) is 0.444. The summed E-state index contributed by atoms with van der Waals surface area (Å²) in [5.74, 6) is 0. The third kappa shape index (κ3) is 2.82. The molecule has 0 atom stereocenters. The topological polar surface area (TPSA) is 0 Å². The average Bonchev–Trinajstić information content (AvgIpc) is 3.38. The van der Waals surface area contributed by atoms with E-state index in [1.807, 2.05) is 0 Å². The first kappa shape index (κ1) is 16.6. The van der Waals surface area contributed by atoms with Gasteiger partial charge in [0.15, 0.2) is 0 Å². The predicted molar refractivity (Wildman–Crippen MR) is 112 cm³/mol. The van der Waals surface area contributed by atoms with Crippen LogP contribution in [0.4, 0.5) is 0 Å². The summed E-state index contributed by atoms with van der Waals surface area (Å²) in [5, 5.41) is 0. The molecule has 0 heteroatoms. The van der Waals surface area contributed by atoms with Crippen molar-refractivity contribution in [2.75, 3.05) is 0 Å². The van der Waals surface area contributed by atoms with Gasteiger partial charge in [0, 0.05) is 0 Å².